The molecule has 1 aliphatic rings. The highest BCUT2D eigenvalue weighted by molar-refractivity contribution is 8.01. The normalized spacial score (nSPS) is 17.6. The number of amides is 3. The van der Waals surface area contributed by atoms with Gasteiger partial charge >= 0.3 is 0 Å². The van der Waals surface area contributed by atoms with Crippen LogP contribution < -0.4 is 10.6 Å². The molecule has 154 valence electrons. The number of nitrogens with one attached hydrogen (secondary N) is 2. The minimum Gasteiger partial charge on any atom is -0.360 e. The zero-order chi connectivity index (χ0) is 21.0. The first-order valence-electron chi connectivity index (χ1n) is 9.04. The van der Waals surface area contributed by atoms with Gasteiger partial charge in [0.05, 0.1) is 11.0 Å². The van der Waals surface area contributed by atoms with Crippen molar-refractivity contribution in [2.45, 2.75) is 25.1 Å². The van der Waals surface area contributed by atoms with Gasteiger partial charge in [0.15, 0.2) is 5.82 Å². The van der Waals surface area contributed by atoms with Crippen LogP contribution in [0.4, 0.5) is 5.82 Å². The number of aromatic nitrogens is 1. The van der Waals surface area contributed by atoms with E-state index in [-0.39, 0.29) is 23.5 Å². The Balaban J connectivity index is 1.63. The molecule has 0 unspecified atom stereocenters. The smallest absolute Gasteiger partial charge is 0.247 e. The average Bonchev–Trinajstić information content (AvgIpc) is 3.11. The molecule has 0 spiro atoms. The second-order valence-electron chi connectivity index (χ2n) is 6.57. The van der Waals surface area contributed by atoms with Crippen LogP contribution in [0.2, 0.25) is 5.02 Å². The number of hydrogen-bond donors (Lipinski definition) is 2. The third-order valence-electron chi connectivity index (χ3n) is 4.44. The van der Waals surface area contributed by atoms with Gasteiger partial charge in [0.2, 0.25) is 17.7 Å². The Morgan fingerprint density at radius 1 is 1.45 bits per heavy atom. The number of aryl methyl sites for hydroxylation is 1. The van der Waals surface area contributed by atoms with Crippen LogP contribution in [0, 0.1) is 6.92 Å². The molecular formula is C19H21ClN4O4S. The molecule has 29 heavy (non-hydrogen) atoms. The molecule has 1 aliphatic heterocycles. The summed E-state index contributed by atoms with van der Waals surface area (Å²) in [7, 11) is 0. The summed E-state index contributed by atoms with van der Waals surface area (Å²) in [5, 5.41) is 9.07. The summed E-state index contributed by atoms with van der Waals surface area (Å²) in [5.41, 5.74) is 0.580. The minimum absolute atomic E-state index is 0.0562. The molecular weight excluding hydrogens is 416 g/mol. The van der Waals surface area contributed by atoms with Crippen LogP contribution in [0.25, 0.3) is 0 Å². The van der Waals surface area contributed by atoms with Crippen molar-refractivity contribution in [1.29, 1.82) is 0 Å². The Labute approximate surface area is 177 Å². The maximum Gasteiger partial charge on any atom is 0.247 e. The van der Waals surface area contributed by atoms with E-state index in [2.05, 4.69) is 15.8 Å². The van der Waals surface area contributed by atoms with E-state index in [9.17, 15) is 14.4 Å². The SMILES string of the molecule is Cc1cc(NC(=O)[C@H](C)SCC(=O)N2CCNC(=O)[C@H]2c2ccccc2Cl)no1. The van der Waals surface area contributed by atoms with Gasteiger partial charge in [-0.25, -0.2) is 0 Å². The second kappa shape index (κ2) is 9.32. The van der Waals surface area contributed by atoms with Gasteiger partial charge in [0.25, 0.3) is 0 Å². The van der Waals surface area contributed by atoms with Crippen molar-refractivity contribution in [3.8, 4) is 0 Å². The fourth-order valence-electron chi connectivity index (χ4n) is 2.95. The molecule has 1 saturated heterocycles. The summed E-state index contributed by atoms with van der Waals surface area (Å²) in [6.07, 6.45) is 0. The van der Waals surface area contributed by atoms with Gasteiger partial charge < -0.3 is 20.1 Å². The second-order valence-corrected chi connectivity index (χ2v) is 8.30. The molecule has 10 heteroatoms. The number of halogens is 1. The third kappa shape index (κ3) is 5.10. The van der Waals surface area contributed by atoms with E-state index in [1.807, 2.05) is 0 Å². The van der Waals surface area contributed by atoms with Crippen LogP contribution >= 0.6 is 23.4 Å². The molecule has 2 aromatic rings. The number of carbonyl (C=O) groups is 3. The van der Waals surface area contributed by atoms with E-state index < -0.39 is 11.3 Å². The van der Waals surface area contributed by atoms with Gasteiger partial charge in [-0.3, -0.25) is 14.4 Å². The fourth-order valence-corrected chi connectivity index (χ4v) is 3.96. The molecule has 2 N–H and O–H groups in total. The van der Waals surface area contributed by atoms with Crippen molar-refractivity contribution in [1.82, 2.24) is 15.4 Å². The van der Waals surface area contributed by atoms with Crippen molar-refractivity contribution in [3.63, 3.8) is 0 Å². The lowest BCUT2D eigenvalue weighted by atomic mass is 10.0. The number of hydrogen-bond acceptors (Lipinski definition) is 6. The monoisotopic (exact) mass is 436 g/mol. The molecule has 2 heterocycles. The van der Waals surface area contributed by atoms with E-state index in [0.29, 0.717) is 35.3 Å². The van der Waals surface area contributed by atoms with Gasteiger partial charge in [0, 0.05) is 29.7 Å². The first kappa shape index (κ1) is 21.2. The van der Waals surface area contributed by atoms with Gasteiger partial charge in [-0.1, -0.05) is 35.0 Å². The molecule has 0 saturated carbocycles. The maximum atomic E-state index is 12.9. The van der Waals surface area contributed by atoms with Crippen molar-refractivity contribution in [2.24, 2.45) is 0 Å². The van der Waals surface area contributed by atoms with E-state index in [4.69, 9.17) is 16.1 Å². The summed E-state index contributed by atoms with van der Waals surface area (Å²) in [6, 6.07) is 7.80. The van der Waals surface area contributed by atoms with Gasteiger partial charge in [-0.2, -0.15) is 0 Å². The van der Waals surface area contributed by atoms with Crippen LogP contribution in [0.3, 0.4) is 0 Å². The Morgan fingerprint density at radius 3 is 2.90 bits per heavy atom. The average molecular weight is 437 g/mol. The molecule has 2 atom stereocenters. The number of benzene rings is 1. The highest BCUT2D eigenvalue weighted by atomic mass is 35.5. The van der Waals surface area contributed by atoms with Crippen LogP contribution in [0.1, 0.15) is 24.3 Å². The summed E-state index contributed by atoms with van der Waals surface area (Å²) in [5.74, 6) is 0.194. The Kier molecular flexibility index (Phi) is 6.81. The number of thioether (sulfide) groups is 1. The molecule has 8 nitrogen and oxygen atoms in total. The lowest BCUT2D eigenvalue weighted by Gasteiger charge is -2.35. The number of anilines is 1. The Morgan fingerprint density at radius 2 is 2.21 bits per heavy atom. The standard InChI is InChI=1S/C19H21ClN4O4S/c1-11-9-15(23-28-11)22-18(26)12(2)29-10-16(25)24-8-7-21-19(27)17(24)13-5-3-4-6-14(13)20/h3-6,9,12,17H,7-8,10H2,1-2H3,(H,21,27)(H,22,23,26)/t12-,17+/m0/s1. The van der Waals surface area contributed by atoms with Crippen LogP contribution in [0.15, 0.2) is 34.9 Å². The first-order valence-corrected chi connectivity index (χ1v) is 10.5. The first-order chi connectivity index (χ1) is 13.9. The molecule has 1 aromatic heterocycles. The van der Waals surface area contributed by atoms with E-state index in [1.165, 1.54) is 16.7 Å². The zero-order valence-corrected chi connectivity index (χ0v) is 17.5. The number of piperazine rings is 1. The predicted molar refractivity (Wildman–Crippen MR) is 111 cm³/mol. The maximum absolute atomic E-state index is 12.9. The van der Waals surface area contributed by atoms with Gasteiger partial charge in [-0.15, -0.1) is 11.8 Å². The van der Waals surface area contributed by atoms with E-state index in [1.54, 1.807) is 44.2 Å². The van der Waals surface area contributed by atoms with Crippen molar-refractivity contribution in [3.05, 3.63) is 46.7 Å². The quantitative estimate of drug-likeness (QED) is 0.720. The summed E-state index contributed by atoms with van der Waals surface area (Å²) >= 11 is 7.44. The van der Waals surface area contributed by atoms with Gasteiger partial charge in [-0.05, 0) is 19.9 Å². The van der Waals surface area contributed by atoms with Crippen molar-refractivity contribution < 1.29 is 18.9 Å². The number of carbonyl (C=O) groups excluding carboxylic acids is 3. The molecule has 0 radical (unpaired) electrons. The van der Waals surface area contributed by atoms with Crippen LogP contribution in [-0.4, -0.2) is 51.9 Å². The minimum atomic E-state index is -0.784. The highest BCUT2D eigenvalue weighted by Crippen LogP contribution is 2.30. The zero-order valence-electron chi connectivity index (χ0n) is 16.0. The van der Waals surface area contributed by atoms with E-state index in [0.717, 1.165) is 0 Å². The molecule has 1 aromatic carbocycles. The lowest BCUT2D eigenvalue weighted by Crippen LogP contribution is -2.52. The van der Waals surface area contributed by atoms with Gasteiger partial charge in [0.1, 0.15) is 11.8 Å². The fraction of sp³-hybridized carbons (Fsp3) is 0.368. The molecule has 3 rings (SSSR count). The van der Waals surface area contributed by atoms with Crippen LogP contribution in [-0.2, 0) is 14.4 Å². The molecule has 0 bridgehead atoms. The summed E-state index contributed by atoms with van der Waals surface area (Å²) < 4.78 is 4.92. The topological polar surface area (TPSA) is 105 Å². The lowest BCUT2D eigenvalue weighted by molar-refractivity contribution is -0.141. The number of nitrogens with zero attached hydrogens (tertiary/aromatic N) is 2. The predicted octanol–water partition coefficient (Wildman–Crippen LogP) is 2.40. The Hall–Kier alpha value is -2.52. The largest absolute Gasteiger partial charge is 0.360 e. The number of rotatable bonds is 6. The van der Waals surface area contributed by atoms with Crippen molar-refractivity contribution >= 4 is 46.9 Å². The molecule has 3 amide bonds. The summed E-state index contributed by atoms with van der Waals surface area (Å²) in [6.45, 7) is 4.18. The molecule has 1 fully saturated rings. The highest BCUT2D eigenvalue weighted by Gasteiger charge is 2.35. The van der Waals surface area contributed by atoms with Crippen molar-refractivity contribution in [2.75, 3.05) is 24.2 Å². The third-order valence-corrected chi connectivity index (χ3v) is 5.91. The van der Waals surface area contributed by atoms with E-state index >= 15 is 0 Å². The summed E-state index contributed by atoms with van der Waals surface area (Å²) in [4.78, 5) is 39.1. The molecule has 0 aliphatic carbocycles. The van der Waals surface area contributed by atoms with Crippen LogP contribution in [0.5, 0.6) is 0 Å². The Bertz CT molecular complexity index is 919.